The minimum absolute atomic E-state index is 0.942. The molecule has 59 valence electrons. The normalized spacial score (nSPS) is 18.2. The van der Waals surface area contributed by atoms with E-state index < -0.39 is 0 Å². The van der Waals surface area contributed by atoms with Crippen LogP contribution >= 0.6 is 0 Å². The summed E-state index contributed by atoms with van der Waals surface area (Å²) in [6.07, 6.45) is 4.97. The summed E-state index contributed by atoms with van der Waals surface area (Å²) in [6, 6.07) is 1.81. The van der Waals surface area contributed by atoms with Gasteiger partial charge < -0.3 is 9.42 Å². The minimum atomic E-state index is 0.942. The molecule has 1 fully saturated rings. The first kappa shape index (κ1) is 6.85. The summed E-state index contributed by atoms with van der Waals surface area (Å²) in [5.74, 6) is 0.942. The predicted molar refractivity (Wildman–Crippen MR) is 40.1 cm³/mol. The van der Waals surface area contributed by atoms with Crippen LogP contribution in [0.5, 0.6) is 0 Å². The fourth-order valence-corrected chi connectivity index (χ4v) is 1.20. The second-order valence-electron chi connectivity index (χ2n) is 2.87. The number of likely N-dealkylation sites (tertiary alicyclic amines) is 1. The molecular weight excluding hydrogens is 140 g/mol. The van der Waals surface area contributed by atoms with Crippen molar-refractivity contribution < 1.29 is 4.52 Å². The lowest BCUT2D eigenvalue weighted by Crippen LogP contribution is -2.38. The number of hydrogen-bond acceptors (Lipinski definition) is 3. The van der Waals surface area contributed by atoms with E-state index in [0.29, 0.717) is 0 Å². The van der Waals surface area contributed by atoms with Crippen LogP contribution in [0.2, 0.25) is 0 Å². The Bertz CT molecular complexity index is 204. The molecular formula is C8H11N2O. The highest BCUT2D eigenvalue weighted by Crippen LogP contribution is 2.07. The van der Waals surface area contributed by atoms with Gasteiger partial charge in [-0.1, -0.05) is 5.16 Å². The van der Waals surface area contributed by atoms with Crippen molar-refractivity contribution >= 4 is 0 Å². The van der Waals surface area contributed by atoms with Crippen LogP contribution in [0.15, 0.2) is 10.6 Å². The number of rotatable bonds is 3. The maximum atomic E-state index is 4.92. The van der Waals surface area contributed by atoms with Gasteiger partial charge in [-0.05, 0) is 19.5 Å². The lowest BCUT2D eigenvalue weighted by atomic mass is 10.2. The molecule has 0 aliphatic carbocycles. The van der Waals surface area contributed by atoms with Gasteiger partial charge in [0.2, 0.25) is 0 Å². The van der Waals surface area contributed by atoms with Crippen LogP contribution < -0.4 is 0 Å². The smallest absolute Gasteiger partial charge is 0.138 e. The van der Waals surface area contributed by atoms with Crippen molar-refractivity contribution in [3.05, 3.63) is 18.0 Å². The van der Waals surface area contributed by atoms with E-state index in [9.17, 15) is 0 Å². The third-order valence-corrected chi connectivity index (χ3v) is 2.06. The molecule has 0 unspecified atom stereocenters. The Morgan fingerprint density at radius 2 is 2.55 bits per heavy atom. The molecule has 1 radical (unpaired) electrons. The SMILES string of the molecule is [c]1cc(CCN2CCC2)on1. The van der Waals surface area contributed by atoms with Crippen LogP contribution in [0.3, 0.4) is 0 Å². The van der Waals surface area contributed by atoms with Crippen molar-refractivity contribution in [3.63, 3.8) is 0 Å². The van der Waals surface area contributed by atoms with Crippen molar-refractivity contribution in [1.82, 2.24) is 10.1 Å². The van der Waals surface area contributed by atoms with Crippen molar-refractivity contribution in [2.24, 2.45) is 0 Å². The van der Waals surface area contributed by atoms with Crippen molar-refractivity contribution in [1.29, 1.82) is 0 Å². The summed E-state index contributed by atoms with van der Waals surface area (Å²) < 4.78 is 4.92. The molecule has 0 atom stereocenters. The zero-order chi connectivity index (χ0) is 7.52. The molecule has 3 heteroatoms. The van der Waals surface area contributed by atoms with Gasteiger partial charge >= 0.3 is 0 Å². The van der Waals surface area contributed by atoms with E-state index in [2.05, 4.69) is 16.3 Å². The molecule has 0 bridgehead atoms. The van der Waals surface area contributed by atoms with Gasteiger partial charge in [0.15, 0.2) is 0 Å². The fourth-order valence-electron chi connectivity index (χ4n) is 1.20. The van der Waals surface area contributed by atoms with E-state index in [1.807, 2.05) is 0 Å². The maximum Gasteiger partial charge on any atom is 0.138 e. The Balaban J connectivity index is 1.74. The Kier molecular flexibility index (Phi) is 1.90. The van der Waals surface area contributed by atoms with E-state index in [1.54, 1.807) is 6.07 Å². The Hall–Kier alpha value is -0.830. The molecule has 0 N–H and O–H groups in total. The molecule has 0 aromatic carbocycles. The average molecular weight is 151 g/mol. The van der Waals surface area contributed by atoms with Crippen molar-refractivity contribution in [2.45, 2.75) is 12.8 Å². The first-order valence-corrected chi connectivity index (χ1v) is 3.99. The van der Waals surface area contributed by atoms with E-state index in [0.717, 1.165) is 18.7 Å². The highest BCUT2D eigenvalue weighted by molar-refractivity contribution is 4.92. The van der Waals surface area contributed by atoms with Crippen molar-refractivity contribution in [2.75, 3.05) is 19.6 Å². The summed E-state index contributed by atoms with van der Waals surface area (Å²) >= 11 is 0. The molecule has 0 saturated carbocycles. The summed E-state index contributed by atoms with van der Waals surface area (Å²) in [6.45, 7) is 3.60. The standard InChI is InChI=1S/C8H11N2O/c1-5-10(6-1)7-3-8-2-4-9-11-8/h2H,1,3,5-7H2. The summed E-state index contributed by atoms with van der Waals surface area (Å²) in [5, 5.41) is 3.53. The van der Waals surface area contributed by atoms with Crippen LogP contribution in [0.25, 0.3) is 0 Å². The molecule has 1 saturated heterocycles. The largest absolute Gasteiger partial charge is 0.361 e. The van der Waals surface area contributed by atoms with Crippen LogP contribution in [-0.4, -0.2) is 29.7 Å². The van der Waals surface area contributed by atoms with Crippen LogP contribution in [0.4, 0.5) is 0 Å². The van der Waals surface area contributed by atoms with Gasteiger partial charge in [0.25, 0.3) is 0 Å². The highest BCUT2D eigenvalue weighted by Gasteiger charge is 2.13. The van der Waals surface area contributed by atoms with E-state index in [1.165, 1.54) is 19.5 Å². The van der Waals surface area contributed by atoms with E-state index >= 15 is 0 Å². The van der Waals surface area contributed by atoms with Gasteiger partial charge in [0.05, 0.1) is 0 Å². The molecule has 1 aliphatic rings. The highest BCUT2D eigenvalue weighted by atomic mass is 16.5. The summed E-state index contributed by atoms with van der Waals surface area (Å²) in [7, 11) is 0. The zero-order valence-electron chi connectivity index (χ0n) is 6.42. The lowest BCUT2D eigenvalue weighted by molar-refractivity contribution is 0.179. The first-order valence-electron chi connectivity index (χ1n) is 3.99. The monoisotopic (exact) mass is 151 g/mol. The number of aromatic nitrogens is 1. The van der Waals surface area contributed by atoms with Gasteiger partial charge in [-0.2, -0.15) is 0 Å². The maximum absolute atomic E-state index is 4.92. The zero-order valence-corrected chi connectivity index (χ0v) is 6.42. The second-order valence-corrected chi connectivity index (χ2v) is 2.87. The topological polar surface area (TPSA) is 29.3 Å². The van der Waals surface area contributed by atoms with E-state index in [-0.39, 0.29) is 0 Å². The molecule has 1 aliphatic heterocycles. The Morgan fingerprint density at radius 3 is 3.09 bits per heavy atom. The molecule has 0 amide bonds. The van der Waals surface area contributed by atoms with Crippen LogP contribution in [0.1, 0.15) is 12.2 Å². The summed E-state index contributed by atoms with van der Waals surface area (Å²) in [4.78, 5) is 2.41. The summed E-state index contributed by atoms with van der Waals surface area (Å²) in [5.41, 5.74) is 0. The third-order valence-electron chi connectivity index (χ3n) is 2.06. The molecule has 2 rings (SSSR count). The predicted octanol–water partition coefficient (Wildman–Crippen LogP) is 0.723. The van der Waals surface area contributed by atoms with Gasteiger partial charge in [-0.25, -0.2) is 0 Å². The van der Waals surface area contributed by atoms with E-state index in [4.69, 9.17) is 4.52 Å². The third kappa shape index (κ3) is 1.60. The quantitative estimate of drug-likeness (QED) is 0.637. The first-order chi connectivity index (χ1) is 5.45. The Morgan fingerprint density at radius 1 is 1.64 bits per heavy atom. The minimum Gasteiger partial charge on any atom is -0.361 e. The van der Waals surface area contributed by atoms with Gasteiger partial charge in [0, 0.05) is 19.0 Å². The second kappa shape index (κ2) is 3.05. The average Bonchev–Trinajstić information content (AvgIpc) is 2.36. The fraction of sp³-hybridized carbons (Fsp3) is 0.625. The molecule has 3 nitrogen and oxygen atoms in total. The number of hydrogen-bond donors (Lipinski definition) is 0. The van der Waals surface area contributed by atoms with Gasteiger partial charge in [-0.3, -0.25) is 0 Å². The van der Waals surface area contributed by atoms with Gasteiger partial charge in [0.1, 0.15) is 12.0 Å². The molecule has 1 aromatic rings. The molecule has 0 spiro atoms. The molecule has 11 heavy (non-hydrogen) atoms. The van der Waals surface area contributed by atoms with Crippen LogP contribution in [0, 0.1) is 6.20 Å². The van der Waals surface area contributed by atoms with Crippen molar-refractivity contribution in [3.8, 4) is 0 Å². The number of nitrogens with zero attached hydrogens (tertiary/aromatic N) is 2. The molecule has 1 aromatic heterocycles. The molecule has 2 heterocycles. The van der Waals surface area contributed by atoms with Gasteiger partial charge in [-0.15, -0.1) is 0 Å². The lowest BCUT2D eigenvalue weighted by Gasteiger charge is -2.30. The van der Waals surface area contributed by atoms with Crippen LogP contribution in [-0.2, 0) is 6.42 Å². The Labute approximate surface area is 66.0 Å².